The average Bonchev–Trinajstić information content (AvgIpc) is 2.98. The van der Waals surface area contributed by atoms with E-state index < -0.39 is 23.0 Å². The molecule has 0 aliphatic heterocycles. The Kier molecular flexibility index (Phi) is 3.30. The first-order valence-electron chi connectivity index (χ1n) is 6.29. The van der Waals surface area contributed by atoms with Crippen molar-refractivity contribution < 1.29 is 18.3 Å². The summed E-state index contributed by atoms with van der Waals surface area (Å²) >= 11 is 1.34. The molecule has 1 aromatic carbocycles. The Balaban J connectivity index is 2.01. The lowest BCUT2D eigenvalue weighted by atomic mass is 10.1. The molecule has 0 N–H and O–H groups in total. The van der Waals surface area contributed by atoms with E-state index in [0.29, 0.717) is 4.88 Å². The first kappa shape index (κ1) is 13.2. The molecule has 1 aliphatic carbocycles. The van der Waals surface area contributed by atoms with E-state index in [9.17, 15) is 13.6 Å². The number of ketones is 1. The molecule has 1 aliphatic rings. The molecule has 1 aromatic heterocycles. The van der Waals surface area contributed by atoms with Crippen LogP contribution in [0.25, 0.3) is 0 Å². The minimum atomic E-state index is -0.889. The lowest BCUT2D eigenvalue weighted by Gasteiger charge is -2.06. The molecule has 0 fully saturated rings. The predicted octanol–water partition coefficient (Wildman–Crippen LogP) is 3.75. The van der Waals surface area contributed by atoms with E-state index in [0.717, 1.165) is 41.8 Å². The van der Waals surface area contributed by atoms with E-state index in [1.807, 2.05) is 0 Å². The van der Waals surface area contributed by atoms with E-state index in [1.54, 1.807) is 6.07 Å². The van der Waals surface area contributed by atoms with Crippen molar-refractivity contribution in [1.29, 1.82) is 0 Å². The maximum Gasteiger partial charge on any atom is 0.208 e. The topological polar surface area (TPSA) is 26.3 Å². The monoisotopic (exact) mass is 294 g/mol. The maximum atomic E-state index is 13.9. The van der Waals surface area contributed by atoms with Gasteiger partial charge in [-0.15, -0.1) is 11.3 Å². The summed E-state index contributed by atoms with van der Waals surface area (Å²) in [5.74, 6) is -2.31. The van der Waals surface area contributed by atoms with E-state index in [4.69, 9.17) is 4.74 Å². The van der Waals surface area contributed by atoms with Crippen molar-refractivity contribution in [1.82, 2.24) is 0 Å². The van der Waals surface area contributed by atoms with Crippen molar-refractivity contribution in [3.63, 3.8) is 0 Å². The van der Waals surface area contributed by atoms with Crippen molar-refractivity contribution in [3.8, 4) is 5.75 Å². The van der Waals surface area contributed by atoms with E-state index in [-0.39, 0.29) is 5.75 Å². The largest absolute Gasteiger partial charge is 0.497 e. The molecule has 0 bridgehead atoms. The van der Waals surface area contributed by atoms with Crippen LogP contribution in [-0.4, -0.2) is 12.9 Å². The summed E-state index contributed by atoms with van der Waals surface area (Å²) in [5, 5.41) is 0. The third-order valence-corrected chi connectivity index (χ3v) is 4.68. The zero-order chi connectivity index (χ0) is 14.3. The van der Waals surface area contributed by atoms with Crippen molar-refractivity contribution >= 4 is 17.1 Å². The zero-order valence-corrected chi connectivity index (χ0v) is 11.7. The van der Waals surface area contributed by atoms with Crippen LogP contribution in [-0.2, 0) is 12.8 Å². The van der Waals surface area contributed by atoms with Crippen molar-refractivity contribution in [2.24, 2.45) is 0 Å². The number of aryl methyl sites for hydroxylation is 2. The molecule has 0 atom stereocenters. The van der Waals surface area contributed by atoms with Gasteiger partial charge in [0.05, 0.1) is 17.6 Å². The van der Waals surface area contributed by atoms with Gasteiger partial charge in [-0.05, 0) is 30.9 Å². The molecule has 5 heteroatoms. The van der Waals surface area contributed by atoms with Gasteiger partial charge in [0, 0.05) is 17.0 Å². The summed E-state index contributed by atoms with van der Waals surface area (Å²) in [6, 6.07) is 3.81. The highest BCUT2D eigenvalue weighted by Gasteiger charge is 2.24. The third-order valence-electron chi connectivity index (χ3n) is 3.45. The van der Waals surface area contributed by atoms with Gasteiger partial charge < -0.3 is 4.74 Å². The maximum absolute atomic E-state index is 13.9. The Morgan fingerprint density at radius 1 is 1.20 bits per heavy atom. The second kappa shape index (κ2) is 4.98. The lowest BCUT2D eigenvalue weighted by molar-refractivity contribution is 0.103. The first-order valence-corrected chi connectivity index (χ1v) is 7.11. The summed E-state index contributed by atoms with van der Waals surface area (Å²) in [5.41, 5.74) is 0.624. The molecule has 0 unspecified atom stereocenters. The van der Waals surface area contributed by atoms with Gasteiger partial charge in [-0.2, -0.15) is 0 Å². The summed E-state index contributed by atoms with van der Waals surface area (Å²) in [6.07, 6.45) is 2.97. The second-order valence-electron chi connectivity index (χ2n) is 4.71. The molecule has 1 heterocycles. The number of carbonyl (C=O) groups is 1. The fraction of sp³-hybridized carbons (Fsp3) is 0.267. The number of hydrogen-bond acceptors (Lipinski definition) is 3. The van der Waals surface area contributed by atoms with Gasteiger partial charge in [-0.25, -0.2) is 8.78 Å². The molecule has 0 radical (unpaired) electrons. The Morgan fingerprint density at radius 3 is 2.50 bits per heavy atom. The van der Waals surface area contributed by atoms with Gasteiger partial charge in [0.25, 0.3) is 0 Å². The molecule has 2 nitrogen and oxygen atoms in total. The number of methoxy groups -OCH3 is 1. The van der Waals surface area contributed by atoms with Crippen LogP contribution in [0.15, 0.2) is 18.2 Å². The van der Waals surface area contributed by atoms with Gasteiger partial charge in [-0.1, -0.05) is 0 Å². The third kappa shape index (κ3) is 2.12. The highest BCUT2D eigenvalue weighted by Crippen LogP contribution is 2.33. The molecule has 104 valence electrons. The smallest absolute Gasteiger partial charge is 0.208 e. The lowest BCUT2D eigenvalue weighted by Crippen LogP contribution is -2.06. The Bertz CT molecular complexity index is 647. The normalized spacial score (nSPS) is 13.3. The number of ether oxygens (including phenoxy) is 1. The van der Waals surface area contributed by atoms with Crippen LogP contribution in [0, 0.1) is 11.6 Å². The molecule has 0 saturated carbocycles. The molecule has 0 saturated heterocycles. The molecule has 3 rings (SSSR count). The van der Waals surface area contributed by atoms with Gasteiger partial charge >= 0.3 is 0 Å². The molecule has 0 amide bonds. The van der Waals surface area contributed by atoms with Gasteiger partial charge in [0.15, 0.2) is 0 Å². The van der Waals surface area contributed by atoms with Crippen LogP contribution in [0.5, 0.6) is 5.75 Å². The number of benzene rings is 1. The van der Waals surface area contributed by atoms with E-state index >= 15 is 0 Å². The number of hydrogen-bond donors (Lipinski definition) is 0. The zero-order valence-electron chi connectivity index (χ0n) is 10.8. The van der Waals surface area contributed by atoms with Crippen molar-refractivity contribution in [2.45, 2.75) is 19.3 Å². The van der Waals surface area contributed by atoms with Crippen LogP contribution in [0.3, 0.4) is 0 Å². The van der Waals surface area contributed by atoms with Gasteiger partial charge in [-0.3, -0.25) is 4.79 Å². The summed E-state index contributed by atoms with van der Waals surface area (Å²) in [4.78, 5) is 13.8. The highest BCUT2D eigenvalue weighted by molar-refractivity contribution is 7.14. The predicted molar refractivity (Wildman–Crippen MR) is 72.7 cm³/mol. The Labute approximate surface area is 119 Å². The molecular formula is C15H12F2O2S. The van der Waals surface area contributed by atoms with Crippen molar-refractivity contribution in [3.05, 3.63) is 50.7 Å². The van der Waals surface area contributed by atoms with Crippen LogP contribution in [0.4, 0.5) is 8.78 Å². The number of thiophene rings is 1. The van der Waals surface area contributed by atoms with E-state index in [1.165, 1.54) is 18.4 Å². The Hall–Kier alpha value is -1.75. The molecular weight excluding hydrogens is 282 g/mol. The minimum absolute atomic E-state index is 0.0604. The number of carbonyl (C=O) groups excluding carboxylic acids is 1. The average molecular weight is 294 g/mol. The fourth-order valence-corrected chi connectivity index (χ4v) is 3.65. The molecule has 2 aromatic rings. The number of fused-ring (bicyclic) bond motifs is 1. The summed E-state index contributed by atoms with van der Waals surface area (Å²) in [7, 11) is 1.32. The minimum Gasteiger partial charge on any atom is -0.497 e. The standard InChI is InChI=1S/C15H12F2O2S/c1-19-9-6-10(16)14(11(17)7-9)15(18)13-5-8-3-2-4-12(8)20-13/h5-7H,2-4H2,1H3. The second-order valence-corrected chi connectivity index (χ2v) is 5.84. The van der Waals surface area contributed by atoms with Crippen LogP contribution < -0.4 is 4.74 Å². The SMILES string of the molecule is COc1cc(F)c(C(=O)c2cc3c(s2)CCC3)c(F)c1. The van der Waals surface area contributed by atoms with Crippen molar-refractivity contribution in [2.75, 3.05) is 7.11 Å². The number of halogens is 2. The molecule has 20 heavy (non-hydrogen) atoms. The van der Waals surface area contributed by atoms with Crippen LogP contribution in [0.2, 0.25) is 0 Å². The molecule has 0 spiro atoms. The van der Waals surface area contributed by atoms with E-state index in [2.05, 4.69) is 0 Å². The fourth-order valence-electron chi connectivity index (χ4n) is 2.45. The summed E-state index contributed by atoms with van der Waals surface area (Å²) < 4.78 is 32.6. The highest BCUT2D eigenvalue weighted by atomic mass is 32.1. The van der Waals surface area contributed by atoms with Crippen LogP contribution in [0.1, 0.15) is 32.1 Å². The Morgan fingerprint density at radius 2 is 1.90 bits per heavy atom. The summed E-state index contributed by atoms with van der Waals surface area (Å²) in [6.45, 7) is 0. The van der Waals surface area contributed by atoms with Gasteiger partial charge in [0.2, 0.25) is 5.78 Å². The first-order chi connectivity index (χ1) is 9.60. The van der Waals surface area contributed by atoms with Crippen LogP contribution >= 0.6 is 11.3 Å². The number of rotatable bonds is 3. The quantitative estimate of drug-likeness (QED) is 0.806. The van der Waals surface area contributed by atoms with Gasteiger partial charge in [0.1, 0.15) is 17.4 Å².